The Balaban J connectivity index is 1.44. The third-order valence-corrected chi connectivity index (χ3v) is 7.49. The predicted octanol–water partition coefficient (Wildman–Crippen LogP) is 6.03. The Hall–Kier alpha value is -3.73. The molecule has 3 aromatic rings. The summed E-state index contributed by atoms with van der Waals surface area (Å²) >= 11 is 0. The van der Waals surface area contributed by atoms with E-state index in [0.717, 1.165) is 11.6 Å². The molecule has 2 aliphatic rings. The van der Waals surface area contributed by atoms with Crippen LogP contribution in [0.3, 0.4) is 0 Å². The van der Waals surface area contributed by atoms with Crippen LogP contribution in [-0.2, 0) is 7.05 Å². The molecule has 3 heterocycles. The minimum Gasteiger partial charge on any atom is -0.312 e. The Morgan fingerprint density at radius 3 is 1.20 bits per heavy atom. The van der Waals surface area contributed by atoms with Crippen molar-refractivity contribution in [3.63, 3.8) is 0 Å². The third kappa shape index (κ3) is 3.75. The molecular weight excluding hydrogens is 430 g/mol. The molecule has 0 aliphatic carbocycles. The van der Waals surface area contributed by atoms with E-state index < -0.39 is 0 Å². The number of nitrogens with zero attached hydrogens (tertiary/aromatic N) is 5. The Morgan fingerprint density at radius 1 is 0.514 bits per heavy atom. The van der Waals surface area contributed by atoms with Crippen molar-refractivity contribution >= 4 is 23.0 Å². The van der Waals surface area contributed by atoms with Crippen molar-refractivity contribution < 1.29 is 4.57 Å². The summed E-state index contributed by atoms with van der Waals surface area (Å²) in [5.74, 6) is 2.32. The second-order valence-electron chi connectivity index (χ2n) is 9.77. The number of rotatable bonds is 4. The highest BCUT2D eigenvalue weighted by Crippen LogP contribution is 2.35. The largest absolute Gasteiger partial charge is 0.312 e. The first-order chi connectivity index (χ1) is 16.8. The number of hydrogen-bond acceptors (Lipinski definition) is 4. The summed E-state index contributed by atoms with van der Waals surface area (Å²) < 4.78 is 2.30. The molecule has 5 rings (SSSR count). The summed E-state index contributed by atoms with van der Waals surface area (Å²) in [6, 6.07) is 19.6. The summed E-state index contributed by atoms with van der Waals surface area (Å²) in [4.78, 5) is 9.45. The average Bonchev–Trinajstić information content (AvgIpc) is 3.37. The van der Waals surface area contributed by atoms with Gasteiger partial charge in [0.2, 0.25) is 11.6 Å². The fourth-order valence-electron chi connectivity index (χ4n) is 5.62. The van der Waals surface area contributed by atoms with E-state index in [1.165, 1.54) is 33.6 Å². The van der Waals surface area contributed by atoms with Gasteiger partial charge in [-0.15, -0.1) is 0 Å². The zero-order chi connectivity index (χ0) is 24.9. The highest BCUT2D eigenvalue weighted by Gasteiger charge is 2.35. The van der Waals surface area contributed by atoms with Crippen LogP contribution in [0.5, 0.6) is 0 Å². The van der Waals surface area contributed by atoms with Crippen molar-refractivity contribution in [2.75, 3.05) is 19.6 Å². The van der Waals surface area contributed by atoms with Gasteiger partial charge in [-0.2, -0.15) is 0 Å². The standard InChI is InChI=1S/C30H36N5/c1-21-11-8-12-22(2)29(21)34-19-17-32(25(34)5)27-15-10-16-28(31(27)7)33-18-20-35(26(33)6)30-23(3)13-9-14-24(30)4/h8-20,25-26H,1-7H3/q+1/t25-,26+. The number of aryl methyl sites for hydroxylation is 4. The molecule has 0 fully saturated rings. The highest BCUT2D eigenvalue weighted by molar-refractivity contribution is 5.67. The van der Waals surface area contributed by atoms with Crippen molar-refractivity contribution in [1.82, 2.24) is 0 Å². The summed E-state index contributed by atoms with van der Waals surface area (Å²) in [6.07, 6.45) is 9.15. The van der Waals surface area contributed by atoms with Crippen LogP contribution in [0.2, 0.25) is 0 Å². The minimum absolute atomic E-state index is 0.175. The molecule has 1 aromatic heterocycles. The number of hydrogen-bond donors (Lipinski definition) is 0. The van der Waals surface area contributed by atoms with Crippen molar-refractivity contribution in [2.45, 2.75) is 53.9 Å². The summed E-state index contributed by atoms with van der Waals surface area (Å²) in [5.41, 5.74) is 7.76. The van der Waals surface area contributed by atoms with Crippen molar-refractivity contribution in [2.24, 2.45) is 7.05 Å². The summed E-state index contributed by atoms with van der Waals surface area (Å²) in [6.45, 7) is 13.3. The van der Waals surface area contributed by atoms with Crippen molar-refractivity contribution in [3.8, 4) is 0 Å². The van der Waals surface area contributed by atoms with E-state index in [9.17, 15) is 0 Å². The van der Waals surface area contributed by atoms with Crippen LogP contribution in [0, 0.1) is 27.7 Å². The smallest absolute Gasteiger partial charge is 0.229 e. The lowest BCUT2D eigenvalue weighted by molar-refractivity contribution is -0.645. The summed E-state index contributed by atoms with van der Waals surface area (Å²) in [5, 5.41) is 0. The highest BCUT2D eigenvalue weighted by atomic mass is 15.4. The maximum absolute atomic E-state index is 2.37. The van der Waals surface area contributed by atoms with Gasteiger partial charge in [0.25, 0.3) is 0 Å². The Kier molecular flexibility index (Phi) is 5.79. The molecule has 5 heteroatoms. The van der Waals surface area contributed by atoms with Gasteiger partial charge in [0.05, 0.1) is 19.4 Å². The van der Waals surface area contributed by atoms with E-state index >= 15 is 0 Å². The van der Waals surface area contributed by atoms with Gasteiger partial charge in [0, 0.05) is 35.9 Å². The number of pyridine rings is 1. The van der Waals surface area contributed by atoms with Crippen molar-refractivity contribution in [3.05, 3.63) is 102 Å². The molecule has 0 saturated heterocycles. The van der Waals surface area contributed by atoms with Gasteiger partial charge in [0.1, 0.15) is 0 Å². The number of anilines is 4. The number of aromatic nitrogens is 1. The number of para-hydroxylation sites is 2. The molecule has 0 N–H and O–H groups in total. The molecule has 2 aliphatic heterocycles. The average molecular weight is 467 g/mol. The second kappa shape index (κ2) is 8.81. The first kappa shape index (κ1) is 23.0. The molecular formula is C30H36N5+. The lowest BCUT2D eigenvalue weighted by Gasteiger charge is -2.31. The van der Waals surface area contributed by atoms with Gasteiger partial charge in [0.15, 0.2) is 12.3 Å². The van der Waals surface area contributed by atoms with Crippen LogP contribution in [0.1, 0.15) is 36.1 Å². The Morgan fingerprint density at radius 2 is 0.829 bits per heavy atom. The quantitative estimate of drug-likeness (QED) is 0.436. The van der Waals surface area contributed by atoms with Crippen LogP contribution in [0.4, 0.5) is 23.0 Å². The van der Waals surface area contributed by atoms with Gasteiger partial charge >= 0.3 is 0 Å². The van der Waals surface area contributed by atoms with E-state index in [0.29, 0.717) is 0 Å². The SMILES string of the molecule is Cc1cccc(C)c1N1C=CN(c2cccc(N3C=CN(c4c(C)cccc4C)[C@@H]3C)[n+]2C)[C@@H]1C. The minimum atomic E-state index is 0.175. The van der Waals surface area contributed by atoms with E-state index in [2.05, 4.69) is 152 Å². The molecule has 0 radical (unpaired) electrons. The van der Waals surface area contributed by atoms with Crippen LogP contribution in [-0.4, -0.2) is 12.3 Å². The molecule has 2 atom stereocenters. The normalized spacial score (nSPS) is 19.4. The predicted molar refractivity (Wildman–Crippen MR) is 147 cm³/mol. The van der Waals surface area contributed by atoms with Crippen LogP contribution >= 0.6 is 0 Å². The lowest BCUT2D eigenvalue weighted by atomic mass is 10.1. The molecule has 2 aromatic carbocycles. The topological polar surface area (TPSA) is 16.8 Å². The van der Waals surface area contributed by atoms with Crippen LogP contribution in [0.15, 0.2) is 79.4 Å². The molecule has 35 heavy (non-hydrogen) atoms. The van der Waals surface area contributed by atoms with Gasteiger partial charge in [-0.1, -0.05) is 36.4 Å². The lowest BCUT2D eigenvalue weighted by Crippen LogP contribution is -2.48. The fraction of sp³-hybridized carbons (Fsp3) is 0.300. The first-order valence-corrected chi connectivity index (χ1v) is 12.4. The van der Waals surface area contributed by atoms with E-state index in [-0.39, 0.29) is 12.3 Å². The molecule has 0 amide bonds. The van der Waals surface area contributed by atoms with Crippen LogP contribution in [0.25, 0.3) is 0 Å². The zero-order valence-electron chi connectivity index (χ0n) is 21.9. The maximum atomic E-state index is 2.37. The van der Waals surface area contributed by atoms with E-state index in [1.807, 2.05) is 0 Å². The monoisotopic (exact) mass is 466 g/mol. The van der Waals surface area contributed by atoms with Crippen molar-refractivity contribution in [1.29, 1.82) is 0 Å². The summed E-state index contributed by atoms with van der Waals surface area (Å²) in [7, 11) is 2.16. The van der Waals surface area contributed by atoms with E-state index in [4.69, 9.17) is 0 Å². The molecule has 0 spiro atoms. The zero-order valence-corrected chi connectivity index (χ0v) is 21.9. The molecule has 5 nitrogen and oxygen atoms in total. The number of benzene rings is 2. The molecule has 0 saturated carbocycles. The fourth-order valence-corrected chi connectivity index (χ4v) is 5.62. The molecule has 180 valence electrons. The molecule has 0 bridgehead atoms. The maximum Gasteiger partial charge on any atom is 0.229 e. The van der Waals surface area contributed by atoms with Gasteiger partial charge < -0.3 is 9.80 Å². The van der Waals surface area contributed by atoms with Gasteiger partial charge in [-0.25, -0.2) is 14.4 Å². The Bertz CT molecular complexity index is 1190. The van der Waals surface area contributed by atoms with Gasteiger partial charge in [-0.3, -0.25) is 0 Å². The third-order valence-electron chi connectivity index (χ3n) is 7.49. The van der Waals surface area contributed by atoms with Gasteiger partial charge in [-0.05, 0) is 69.9 Å². The van der Waals surface area contributed by atoms with E-state index in [1.54, 1.807) is 0 Å². The first-order valence-electron chi connectivity index (χ1n) is 12.4. The van der Waals surface area contributed by atoms with Crippen LogP contribution < -0.4 is 24.2 Å². The Labute approximate surface area is 209 Å². The molecule has 0 unspecified atom stereocenters. The second-order valence-corrected chi connectivity index (χ2v) is 9.77.